The van der Waals surface area contributed by atoms with Crippen LogP contribution >= 0.6 is 0 Å². The molecule has 0 unspecified atom stereocenters. The first-order chi connectivity index (χ1) is 7.59. The van der Waals surface area contributed by atoms with E-state index in [9.17, 15) is 9.59 Å². The van der Waals surface area contributed by atoms with E-state index in [1.807, 2.05) is 6.92 Å². The molecule has 1 aromatic carbocycles. The third-order valence-electron chi connectivity index (χ3n) is 2.74. The Morgan fingerprint density at radius 3 is 2.38 bits per heavy atom. The molecule has 16 heavy (non-hydrogen) atoms. The molecule has 0 radical (unpaired) electrons. The van der Waals surface area contributed by atoms with Crippen LogP contribution in [0.4, 0.5) is 11.4 Å². The minimum Gasteiger partial charge on any atom is -0.399 e. The summed E-state index contributed by atoms with van der Waals surface area (Å²) in [6, 6.07) is 5.20. The Hall–Kier alpha value is -1.84. The summed E-state index contributed by atoms with van der Waals surface area (Å²) < 4.78 is 0. The van der Waals surface area contributed by atoms with Gasteiger partial charge in [0.25, 0.3) is 0 Å². The standard InChI is InChI=1S/C12H14N2O2/c1-8-7-9(13)5-6-10(8)14-11(15)3-2-4-12(14)16/h5-7H,2-4,13H2,1H3. The summed E-state index contributed by atoms with van der Waals surface area (Å²) in [5, 5.41) is 0. The van der Waals surface area contributed by atoms with Crippen LogP contribution in [0.5, 0.6) is 0 Å². The van der Waals surface area contributed by atoms with E-state index in [0.29, 0.717) is 30.6 Å². The zero-order chi connectivity index (χ0) is 11.7. The van der Waals surface area contributed by atoms with Gasteiger partial charge in [-0.3, -0.25) is 14.5 Å². The van der Waals surface area contributed by atoms with Crippen molar-refractivity contribution in [2.75, 3.05) is 10.6 Å². The number of benzene rings is 1. The molecule has 2 N–H and O–H groups in total. The number of piperidine rings is 1. The second-order valence-corrected chi connectivity index (χ2v) is 4.02. The number of nitrogen functional groups attached to an aromatic ring is 1. The molecule has 1 aliphatic heterocycles. The Kier molecular flexibility index (Phi) is 2.64. The molecule has 0 aromatic heterocycles. The van der Waals surface area contributed by atoms with E-state index in [-0.39, 0.29) is 11.8 Å². The Morgan fingerprint density at radius 2 is 1.81 bits per heavy atom. The molecule has 0 atom stereocenters. The normalized spacial score (nSPS) is 16.7. The second kappa shape index (κ2) is 3.96. The summed E-state index contributed by atoms with van der Waals surface area (Å²) in [5.74, 6) is -0.242. The molecule has 4 nitrogen and oxygen atoms in total. The monoisotopic (exact) mass is 218 g/mol. The highest BCUT2D eigenvalue weighted by atomic mass is 16.2. The molecule has 1 saturated heterocycles. The number of nitrogens with zero attached hydrogens (tertiary/aromatic N) is 1. The number of imide groups is 1. The molecule has 0 spiro atoms. The van der Waals surface area contributed by atoms with Gasteiger partial charge in [0.2, 0.25) is 11.8 Å². The summed E-state index contributed by atoms with van der Waals surface area (Å²) in [6.07, 6.45) is 1.54. The highest BCUT2D eigenvalue weighted by molar-refractivity contribution is 6.16. The van der Waals surface area contributed by atoms with Gasteiger partial charge < -0.3 is 5.73 Å². The largest absolute Gasteiger partial charge is 0.399 e. The predicted molar refractivity (Wildman–Crippen MR) is 61.9 cm³/mol. The van der Waals surface area contributed by atoms with Crippen LogP contribution in [0.1, 0.15) is 24.8 Å². The van der Waals surface area contributed by atoms with Gasteiger partial charge in [-0.1, -0.05) is 0 Å². The average Bonchev–Trinajstić information content (AvgIpc) is 2.20. The lowest BCUT2D eigenvalue weighted by atomic mass is 10.1. The van der Waals surface area contributed by atoms with E-state index < -0.39 is 0 Å². The van der Waals surface area contributed by atoms with Crippen molar-refractivity contribution in [1.29, 1.82) is 0 Å². The first-order valence-electron chi connectivity index (χ1n) is 5.31. The molecule has 4 heteroatoms. The lowest BCUT2D eigenvalue weighted by Crippen LogP contribution is -2.40. The van der Waals surface area contributed by atoms with Gasteiger partial charge in [-0.2, -0.15) is 0 Å². The van der Waals surface area contributed by atoms with Crippen molar-refractivity contribution in [3.63, 3.8) is 0 Å². The van der Waals surface area contributed by atoms with E-state index >= 15 is 0 Å². The summed E-state index contributed by atoms with van der Waals surface area (Å²) in [7, 11) is 0. The summed E-state index contributed by atoms with van der Waals surface area (Å²) >= 11 is 0. The smallest absolute Gasteiger partial charge is 0.233 e. The highest BCUT2D eigenvalue weighted by Gasteiger charge is 2.28. The van der Waals surface area contributed by atoms with E-state index in [2.05, 4.69) is 0 Å². The molecule has 84 valence electrons. The molecule has 0 bridgehead atoms. The molecule has 2 rings (SSSR count). The predicted octanol–water partition coefficient (Wildman–Crippen LogP) is 1.62. The van der Waals surface area contributed by atoms with Gasteiger partial charge in [0, 0.05) is 18.5 Å². The second-order valence-electron chi connectivity index (χ2n) is 4.02. The fraction of sp³-hybridized carbons (Fsp3) is 0.333. The maximum Gasteiger partial charge on any atom is 0.233 e. The number of amides is 2. The van der Waals surface area contributed by atoms with E-state index in [4.69, 9.17) is 5.73 Å². The SMILES string of the molecule is Cc1cc(N)ccc1N1C(=O)CCCC1=O. The lowest BCUT2D eigenvalue weighted by molar-refractivity contribution is -0.129. The fourth-order valence-corrected chi connectivity index (χ4v) is 1.95. The van der Waals surface area contributed by atoms with Crippen molar-refractivity contribution >= 4 is 23.2 Å². The fourth-order valence-electron chi connectivity index (χ4n) is 1.95. The van der Waals surface area contributed by atoms with Gasteiger partial charge in [0.1, 0.15) is 0 Å². The Balaban J connectivity index is 2.42. The molecule has 1 heterocycles. The van der Waals surface area contributed by atoms with Gasteiger partial charge in [-0.15, -0.1) is 0 Å². The number of carbonyl (C=O) groups is 2. The minimum absolute atomic E-state index is 0.121. The van der Waals surface area contributed by atoms with Crippen molar-refractivity contribution in [3.8, 4) is 0 Å². The summed E-state index contributed by atoms with van der Waals surface area (Å²) in [5.41, 5.74) is 7.78. The molecule has 1 aliphatic rings. The number of nitrogens with two attached hydrogens (primary N) is 1. The van der Waals surface area contributed by atoms with Crippen molar-refractivity contribution in [2.24, 2.45) is 0 Å². The van der Waals surface area contributed by atoms with Gasteiger partial charge in [0.05, 0.1) is 5.69 Å². The zero-order valence-corrected chi connectivity index (χ0v) is 9.19. The molecular weight excluding hydrogens is 204 g/mol. The zero-order valence-electron chi connectivity index (χ0n) is 9.19. The number of aryl methyl sites for hydroxylation is 1. The van der Waals surface area contributed by atoms with Crippen molar-refractivity contribution in [2.45, 2.75) is 26.2 Å². The number of carbonyl (C=O) groups excluding carboxylic acids is 2. The first kappa shape index (κ1) is 10.7. The van der Waals surface area contributed by atoms with Crippen LogP contribution in [-0.4, -0.2) is 11.8 Å². The van der Waals surface area contributed by atoms with Crippen molar-refractivity contribution in [1.82, 2.24) is 0 Å². The minimum atomic E-state index is -0.121. The maximum atomic E-state index is 11.7. The number of hydrogen-bond donors (Lipinski definition) is 1. The van der Waals surface area contributed by atoms with Crippen molar-refractivity contribution < 1.29 is 9.59 Å². The molecular formula is C12H14N2O2. The molecule has 1 aromatic rings. The van der Waals surface area contributed by atoms with Gasteiger partial charge in [-0.25, -0.2) is 0 Å². The average molecular weight is 218 g/mol. The van der Waals surface area contributed by atoms with Gasteiger partial charge >= 0.3 is 0 Å². The molecule has 2 amide bonds. The third kappa shape index (κ3) is 1.78. The van der Waals surface area contributed by atoms with Gasteiger partial charge in [-0.05, 0) is 37.1 Å². The molecule has 0 aliphatic carbocycles. The Bertz CT molecular complexity index is 438. The Labute approximate surface area is 94.0 Å². The Morgan fingerprint density at radius 1 is 1.19 bits per heavy atom. The number of rotatable bonds is 1. The molecule has 1 fully saturated rings. The van der Waals surface area contributed by atoms with E-state index in [1.54, 1.807) is 18.2 Å². The lowest BCUT2D eigenvalue weighted by Gasteiger charge is -2.26. The van der Waals surface area contributed by atoms with E-state index in [1.165, 1.54) is 4.90 Å². The summed E-state index contributed by atoms with van der Waals surface area (Å²) in [4.78, 5) is 24.7. The highest BCUT2D eigenvalue weighted by Crippen LogP contribution is 2.26. The third-order valence-corrected chi connectivity index (χ3v) is 2.74. The van der Waals surface area contributed by atoms with Crippen LogP contribution < -0.4 is 10.6 Å². The number of anilines is 2. The van der Waals surface area contributed by atoms with Crippen LogP contribution in [0.15, 0.2) is 18.2 Å². The maximum absolute atomic E-state index is 11.7. The molecule has 0 saturated carbocycles. The van der Waals surface area contributed by atoms with Crippen LogP contribution in [0.25, 0.3) is 0 Å². The quantitative estimate of drug-likeness (QED) is 0.575. The first-order valence-corrected chi connectivity index (χ1v) is 5.31. The number of hydrogen-bond acceptors (Lipinski definition) is 3. The van der Waals surface area contributed by atoms with E-state index in [0.717, 1.165) is 5.56 Å². The van der Waals surface area contributed by atoms with Crippen LogP contribution in [-0.2, 0) is 9.59 Å². The van der Waals surface area contributed by atoms with Crippen molar-refractivity contribution in [3.05, 3.63) is 23.8 Å². The van der Waals surface area contributed by atoms with Crippen LogP contribution in [0.3, 0.4) is 0 Å². The van der Waals surface area contributed by atoms with Crippen LogP contribution in [0, 0.1) is 6.92 Å². The summed E-state index contributed by atoms with van der Waals surface area (Å²) in [6.45, 7) is 1.85. The van der Waals surface area contributed by atoms with Gasteiger partial charge in [0.15, 0.2) is 0 Å². The van der Waals surface area contributed by atoms with Crippen LogP contribution in [0.2, 0.25) is 0 Å². The topological polar surface area (TPSA) is 63.4 Å².